The zero-order valence-electron chi connectivity index (χ0n) is 10.0. The molecule has 0 unspecified atom stereocenters. The van der Waals surface area contributed by atoms with Crippen LogP contribution in [0.3, 0.4) is 0 Å². The predicted molar refractivity (Wildman–Crippen MR) is 63.2 cm³/mol. The molecule has 0 aliphatic heterocycles. The summed E-state index contributed by atoms with van der Waals surface area (Å²) in [6.07, 6.45) is 0. The Morgan fingerprint density at radius 2 is 1.94 bits per heavy atom. The normalized spacial score (nSPS) is 11.1. The van der Waals surface area contributed by atoms with Crippen LogP contribution < -0.4 is 10.6 Å². The summed E-state index contributed by atoms with van der Waals surface area (Å²) >= 11 is 0. The number of hydrogen-bond acceptors (Lipinski definition) is 2. The Bertz CT molecular complexity index is 396. The molecule has 1 aromatic carbocycles. The lowest BCUT2D eigenvalue weighted by atomic mass is 10.1. The number of benzene rings is 1. The molecule has 0 spiro atoms. The zero-order valence-corrected chi connectivity index (χ0v) is 10.0. The minimum Gasteiger partial charge on any atom is -0.380 e. The fraction of sp³-hybridized carbons (Fsp3) is 0.417. The first-order valence-electron chi connectivity index (χ1n) is 5.13. The average Bonchev–Trinajstić information content (AvgIpc) is 2.14. The molecule has 0 aromatic heterocycles. The molecule has 0 radical (unpaired) electrons. The van der Waals surface area contributed by atoms with Gasteiger partial charge in [0.05, 0.1) is 5.56 Å². The van der Waals surface area contributed by atoms with E-state index in [1.807, 2.05) is 20.8 Å². The van der Waals surface area contributed by atoms with Gasteiger partial charge in [0.15, 0.2) is 0 Å². The number of amides is 1. The maximum Gasteiger partial charge on any atom is 0.253 e. The number of halogens is 1. The first kappa shape index (κ1) is 12.5. The lowest BCUT2D eigenvalue weighted by molar-refractivity contribution is 0.0959. The van der Waals surface area contributed by atoms with Gasteiger partial charge in [-0.3, -0.25) is 4.79 Å². The Labute approximate surface area is 95.0 Å². The molecule has 3 nitrogen and oxygen atoms in total. The monoisotopic (exact) mass is 224 g/mol. The number of anilines is 1. The number of rotatable bonds is 2. The number of nitrogens with one attached hydrogen (secondary N) is 2. The summed E-state index contributed by atoms with van der Waals surface area (Å²) in [4.78, 5) is 11.3. The van der Waals surface area contributed by atoms with E-state index in [9.17, 15) is 9.18 Å². The van der Waals surface area contributed by atoms with E-state index < -0.39 is 11.7 Å². The van der Waals surface area contributed by atoms with Crippen LogP contribution in [0.15, 0.2) is 18.2 Å². The highest BCUT2D eigenvalue weighted by Gasteiger charge is 2.13. The molecule has 0 atom stereocenters. The van der Waals surface area contributed by atoms with E-state index >= 15 is 0 Å². The number of hydrogen-bond donors (Lipinski definition) is 2. The van der Waals surface area contributed by atoms with E-state index in [1.165, 1.54) is 19.2 Å². The topological polar surface area (TPSA) is 41.1 Å². The Morgan fingerprint density at radius 1 is 1.31 bits per heavy atom. The second-order valence-corrected chi connectivity index (χ2v) is 4.65. The van der Waals surface area contributed by atoms with E-state index in [2.05, 4.69) is 10.6 Å². The molecule has 16 heavy (non-hydrogen) atoms. The van der Waals surface area contributed by atoms with Crippen molar-refractivity contribution in [1.82, 2.24) is 5.32 Å². The van der Waals surface area contributed by atoms with Gasteiger partial charge in [0.25, 0.3) is 5.91 Å². The Balaban J connectivity index is 2.96. The lowest BCUT2D eigenvalue weighted by Gasteiger charge is -2.22. The van der Waals surface area contributed by atoms with Crippen LogP contribution in [0.1, 0.15) is 31.1 Å². The van der Waals surface area contributed by atoms with E-state index in [1.54, 1.807) is 6.07 Å². The van der Waals surface area contributed by atoms with Gasteiger partial charge in [-0.25, -0.2) is 4.39 Å². The molecule has 0 saturated carbocycles. The third-order valence-electron chi connectivity index (χ3n) is 1.96. The van der Waals surface area contributed by atoms with Gasteiger partial charge in [0.2, 0.25) is 0 Å². The summed E-state index contributed by atoms with van der Waals surface area (Å²) in [5.41, 5.74) is 0.584. The van der Waals surface area contributed by atoms with Crippen LogP contribution in [0.2, 0.25) is 0 Å². The van der Waals surface area contributed by atoms with Crippen molar-refractivity contribution in [3.63, 3.8) is 0 Å². The second-order valence-electron chi connectivity index (χ2n) is 4.65. The molecule has 1 aromatic rings. The van der Waals surface area contributed by atoms with Crippen LogP contribution in [-0.4, -0.2) is 18.5 Å². The van der Waals surface area contributed by atoms with E-state index in [0.717, 1.165) is 0 Å². The summed E-state index contributed by atoms with van der Waals surface area (Å²) < 4.78 is 13.6. The molecule has 1 amide bonds. The Kier molecular flexibility index (Phi) is 3.52. The molecule has 2 N–H and O–H groups in total. The quantitative estimate of drug-likeness (QED) is 0.810. The van der Waals surface area contributed by atoms with Gasteiger partial charge in [-0.15, -0.1) is 0 Å². The van der Waals surface area contributed by atoms with Crippen molar-refractivity contribution in [1.29, 1.82) is 0 Å². The Hall–Kier alpha value is -1.58. The smallest absolute Gasteiger partial charge is 0.253 e. The average molecular weight is 224 g/mol. The van der Waals surface area contributed by atoms with E-state index in [-0.39, 0.29) is 11.1 Å². The van der Waals surface area contributed by atoms with E-state index in [0.29, 0.717) is 5.69 Å². The van der Waals surface area contributed by atoms with Crippen molar-refractivity contribution in [2.24, 2.45) is 0 Å². The van der Waals surface area contributed by atoms with Gasteiger partial charge < -0.3 is 10.6 Å². The van der Waals surface area contributed by atoms with Crippen molar-refractivity contribution in [2.45, 2.75) is 26.3 Å². The highest BCUT2D eigenvalue weighted by molar-refractivity contribution is 5.94. The third-order valence-corrected chi connectivity index (χ3v) is 1.96. The standard InChI is InChI=1S/C12H17FN2O/c1-12(2,3)15-8-5-6-9(10(13)7-8)11(16)14-4/h5-7,15H,1-4H3,(H,14,16). The highest BCUT2D eigenvalue weighted by Crippen LogP contribution is 2.18. The van der Waals surface area contributed by atoms with Gasteiger partial charge in [0, 0.05) is 18.3 Å². The zero-order chi connectivity index (χ0) is 12.3. The lowest BCUT2D eigenvalue weighted by Crippen LogP contribution is -2.26. The fourth-order valence-electron chi connectivity index (χ4n) is 1.34. The molecular formula is C12H17FN2O. The minimum atomic E-state index is -0.520. The molecule has 88 valence electrons. The maximum absolute atomic E-state index is 13.6. The summed E-state index contributed by atoms with van der Waals surface area (Å²) in [6.45, 7) is 5.95. The van der Waals surface area contributed by atoms with Crippen LogP contribution in [0, 0.1) is 5.82 Å². The summed E-state index contributed by atoms with van der Waals surface area (Å²) in [7, 11) is 1.48. The summed E-state index contributed by atoms with van der Waals surface area (Å²) in [6, 6.07) is 4.50. The van der Waals surface area contributed by atoms with Gasteiger partial charge in [-0.2, -0.15) is 0 Å². The molecule has 1 rings (SSSR count). The van der Waals surface area contributed by atoms with Gasteiger partial charge in [-0.1, -0.05) is 0 Å². The van der Waals surface area contributed by atoms with Crippen LogP contribution in [-0.2, 0) is 0 Å². The molecule has 0 aliphatic rings. The van der Waals surface area contributed by atoms with Crippen LogP contribution in [0.4, 0.5) is 10.1 Å². The van der Waals surface area contributed by atoms with Crippen molar-refractivity contribution in [3.8, 4) is 0 Å². The number of carbonyl (C=O) groups excluding carboxylic acids is 1. The molecule has 0 fully saturated rings. The van der Waals surface area contributed by atoms with Crippen molar-refractivity contribution in [2.75, 3.05) is 12.4 Å². The van der Waals surface area contributed by atoms with Crippen LogP contribution in [0.5, 0.6) is 0 Å². The summed E-state index contributed by atoms with van der Waals surface area (Å²) in [5.74, 6) is -0.937. The first-order chi connectivity index (χ1) is 7.33. The van der Waals surface area contributed by atoms with Gasteiger partial charge in [0.1, 0.15) is 5.82 Å². The number of carbonyl (C=O) groups is 1. The Morgan fingerprint density at radius 3 is 2.38 bits per heavy atom. The molecule has 0 heterocycles. The molecule has 0 aliphatic carbocycles. The van der Waals surface area contributed by atoms with Gasteiger partial charge >= 0.3 is 0 Å². The second kappa shape index (κ2) is 4.51. The predicted octanol–water partition coefficient (Wildman–Crippen LogP) is 2.40. The van der Waals surface area contributed by atoms with Crippen molar-refractivity contribution >= 4 is 11.6 Å². The van der Waals surface area contributed by atoms with Gasteiger partial charge in [-0.05, 0) is 39.0 Å². The highest BCUT2D eigenvalue weighted by atomic mass is 19.1. The van der Waals surface area contributed by atoms with Crippen molar-refractivity contribution < 1.29 is 9.18 Å². The SMILES string of the molecule is CNC(=O)c1ccc(NC(C)(C)C)cc1F. The summed E-state index contributed by atoms with van der Waals surface area (Å²) in [5, 5.41) is 5.52. The molecule has 0 bridgehead atoms. The molecular weight excluding hydrogens is 207 g/mol. The minimum absolute atomic E-state index is 0.0574. The maximum atomic E-state index is 13.6. The van der Waals surface area contributed by atoms with Crippen LogP contribution in [0.25, 0.3) is 0 Å². The first-order valence-corrected chi connectivity index (χ1v) is 5.13. The third kappa shape index (κ3) is 3.22. The molecule has 0 saturated heterocycles. The van der Waals surface area contributed by atoms with Crippen LogP contribution >= 0.6 is 0 Å². The van der Waals surface area contributed by atoms with Crippen molar-refractivity contribution in [3.05, 3.63) is 29.6 Å². The fourth-order valence-corrected chi connectivity index (χ4v) is 1.34. The molecule has 4 heteroatoms. The largest absolute Gasteiger partial charge is 0.380 e. The van der Waals surface area contributed by atoms with E-state index in [4.69, 9.17) is 0 Å².